The molecule has 0 bridgehead atoms. The van der Waals surface area contributed by atoms with Crippen molar-refractivity contribution >= 4 is 5.97 Å². The molecule has 0 saturated heterocycles. The third kappa shape index (κ3) is 3.30. The average molecular weight is 318 g/mol. The summed E-state index contributed by atoms with van der Waals surface area (Å²) in [6.45, 7) is 0. The summed E-state index contributed by atoms with van der Waals surface area (Å²) < 4.78 is 4.84. The van der Waals surface area contributed by atoms with Crippen molar-refractivity contribution in [1.29, 1.82) is 0 Å². The number of ether oxygens (including phenoxy) is 1. The van der Waals surface area contributed by atoms with Crippen molar-refractivity contribution in [2.75, 3.05) is 7.11 Å². The van der Waals surface area contributed by atoms with Crippen LogP contribution in [0.4, 0.5) is 0 Å². The van der Waals surface area contributed by atoms with Crippen LogP contribution in [0.3, 0.4) is 0 Å². The Labute approximate surface area is 141 Å². The molecule has 1 N–H and O–H groups in total. The summed E-state index contributed by atoms with van der Waals surface area (Å²) in [5.74, 6) is -0.154. The van der Waals surface area contributed by atoms with E-state index < -0.39 is 0 Å². The molecule has 0 atom stereocenters. The van der Waals surface area contributed by atoms with Gasteiger partial charge in [0, 0.05) is 6.42 Å². The Bertz CT molecular complexity index is 854. The zero-order valence-corrected chi connectivity index (χ0v) is 13.4. The molecule has 3 rings (SSSR count). The summed E-state index contributed by atoms with van der Waals surface area (Å²) in [4.78, 5) is 11.9. The van der Waals surface area contributed by atoms with E-state index in [1.165, 1.54) is 7.11 Å². The van der Waals surface area contributed by atoms with Crippen LogP contribution in [0.25, 0.3) is 11.1 Å². The van der Waals surface area contributed by atoms with Gasteiger partial charge >= 0.3 is 5.97 Å². The number of benzene rings is 3. The molecule has 3 aromatic rings. The zero-order chi connectivity index (χ0) is 16.9. The van der Waals surface area contributed by atoms with Crippen molar-refractivity contribution in [3.63, 3.8) is 0 Å². The molecule has 0 aliphatic carbocycles. The van der Waals surface area contributed by atoms with Crippen molar-refractivity contribution in [2.24, 2.45) is 0 Å². The van der Waals surface area contributed by atoms with Gasteiger partial charge in [0.15, 0.2) is 0 Å². The van der Waals surface area contributed by atoms with Crippen LogP contribution in [-0.4, -0.2) is 18.2 Å². The highest BCUT2D eigenvalue weighted by molar-refractivity contribution is 5.91. The van der Waals surface area contributed by atoms with Crippen molar-refractivity contribution in [3.05, 3.63) is 89.5 Å². The fraction of sp³-hybridized carbons (Fsp3) is 0.0952. The lowest BCUT2D eigenvalue weighted by Crippen LogP contribution is -2.06. The molecule has 0 spiro atoms. The number of aromatic hydroxyl groups is 1. The van der Waals surface area contributed by atoms with Crippen LogP contribution in [0, 0.1) is 0 Å². The quantitative estimate of drug-likeness (QED) is 0.724. The summed E-state index contributed by atoms with van der Waals surface area (Å²) in [5.41, 5.74) is 4.22. The van der Waals surface area contributed by atoms with Crippen LogP contribution in [0.5, 0.6) is 5.75 Å². The molecule has 0 heterocycles. The minimum Gasteiger partial charge on any atom is -0.508 e. The van der Waals surface area contributed by atoms with Crippen LogP contribution in [-0.2, 0) is 11.2 Å². The third-order valence-electron chi connectivity index (χ3n) is 3.99. The smallest absolute Gasteiger partial charge is 0.338 e. The maximum Gasteiger partial charge on any atom is 0.338 e. The molecule has 3 heteroatoms. The zero-order valence-electron chi connectivity index (χ0n) is 13.4. The van der Waals surface area contributed by atoms with Gasteiger partial charge in [0.2, 0.25) is 0 Å². The Morgan fingerprint density at radius 3 is 2.33 bits per heavy atom. The second-order valence-electron chi connectivity index (χ2n) is 5.54. The molecule has 120 valence electrons. The number of rotatable bonds is 4. The number of phenols is 1. The number of phenolic OH excluding ortho intramolecular Hbond substituents is 1. The fourth-order valence-corrected chi connectivity index (χ4v) is 2.73. The van der Waals surface area contributed by atoms with Crippen molar-refractivity contribution in [3.8, 4) is 16.9 Å². The Kier molecular flexibility index (Phi) is 4.62. The molecule has 0 unspecified atom stereocenters. The van der Waals surface area contributed by atoms with Crippen LogP contribution in [0.1, 0.15) is 21.5 Å². The predicted octanol–water partition coefficient (Wildman–Crippen LogP) is 4.44. The first kappa shape index (κ1) is 15.8. The Morgan fingerprint density at radius 2 is 1.58 bits per heavy atom. The van der Waals surface area contributed by atoms with E-state index in [2.05, 4.69) is 0 Å². The van der Waals surface area contributed by atoms with Gasteiger partial charge in [0.25, 0.3) is 0 Å². The van der Waals surface area contributed by atoms with Crippen LogP contribution in [0.15, 0.2) is 72.8 Å². The van der Waals surface area contributed by atoms with Crippen LogP contribution < -0.4 is 0 Å². The monoisotopic (exact) mass is 318 g/mol. The second-order valence-corrected chi connectivity index (χ2v) is 5.54. The number of carbonyl (C=O) groups excluding carboxylic acids is 1. The number of esters is 1. The molecular weight excluding hydrogens is 300 g/mol. The minimum absolute atomic E-state index is 0.217. The molecule has 0 aromatic heterocycles. The number of hydrogen-bond acceptors (Lipinski definition) is 3. The topological polar surface area (TPSA) is 46.5 Å². The van der Waals surface area contributed by atoms with Gasteiger partial charge in [-0.25, -0.2) is 4.79 Å². The standard InChI is InChI=1S/C21H18O3/c1-24-21(23)19-10-6-5-9-17(19)14-18-13-16(11-12-20(18)22)15-7-3-2-4-8-15/h2-13,22H,14H2,1H3. The summed E-state index contributed by atoms with van der Waals surface area (Å²) in [5, 5.41) is 10.2. The minimum atomic E-state index is -0.371. The highest BCUT2D eigenvalue weighted by atomic mass is 16.5. The fourth-order valence-electron chi connectivity index (χ4n) is 2.73. The lowest BCUT2D eigenvalue weighted by molar-refractivity contribution is 0.0599. The van der Waals surface area contributed by atoms with Crippen molar-refractivity contribution in [1.82, 2.24) is 0 Å². The third-order valence-corrected chi connectivity index (χ3v) is 3.99. The van der Waals surface area contributed by atoms with E-state index in [0.717, 1.165) is 22.3 Å². The second kappa shape index (κ2) is 7.01. The Morgan fingerprint density at radius 1 is 0.875 bits per heavy atom. The summed E-state index contributed by atoms with van der Waals surface area (Å²) in [6, 6.07) is 22.8. The van der Waals surface area contributed by atoms with Gasteiger partial charge in [-0.15, -0.1) is 0 Å². The van der Waals surface area contributed by atoms with Gasteiger partial charge in [0.05, 0.1) is 12.7 Å². The van der Waals surface area contributed by atoms with Gasteiger partial charge in [0.1, 0.15) is 5.75 Å². The first-order chi connectivity index (χ1) is 11.7. The summed E-state index contributed by atoms with van der Waals surface area (Å²) >= 11 is 0. The van der Waals surface area contributed by atoms with E-state index in [9.17, 15) is 9.90 Å². The van der Waals surface area contributed by atoms with E-state index in [1.807, 2.05) is 54.6 Å². The number of hydrogen-bond donors (Lipinski definition) is 1. The molecular formula is C21H18O3. The van der Waals surface area contributed by atoms with Crippen molar-refractivity contribution < 1.29 is 14.6 Å². The lowest BCUT2D eigenvalue weighted by atomic mass is 9.96. The van der Waals surface area contributed by atoms with E-state index in [-0.39, 0.29) is 11.7 Å². The first-order valence-corrected chi connectivity index (χ1v) is 7.72. The normalized spacial score (nSPS) is 10.4. The maximum atomic E-state index is 11.9. The number of methoxy groups -OCH3 is 1. The van der Waals surface area contributed by atoms with E-state index in [1.54, 1.807) is 18.2 Å². The molecule has 0 aliphatic rings. The van der Waals surface area contributed by atoms with E-state index >= 15 is 0 Å². The predicted molar refractivity (Wildman–Crippen MR) is 94.1 cm³/mol. The lowest BCUT2D eigenvalue weighted by Gasteiger charge is -2.11. The molecule has 0 radical (unpaired) electrons. The molecule has 3 aromatic carbocycles. The van der Waals surface area contributed by atoms with Crippen molar-refractivity contribution in [2.45, 2.75) is 6.42 Å². The van der Waals surface area contributed by atoms with Gasteiger partial charge in [-0.2, -0.15) is 0 Å². The highest BCUT2D eigenvalue weighted by Crippen LogP contribution is 2.28. The highest BCUT2D eigenvalue weighted by Gasteiger charge is 2.13. The molecule has 0 amide bonds. The van der Waals surface area contributed by atoms with Crippen LogP contribution >= 0.6 is 0 Å². The molecule has 24 heavy (non-hydrogen) atoms. The van der Waals surface area contributed by atoms with E-state index in [4.69, 9.17) is 4.74 Å². The summed E-state index contributed by atoms with van der Waals surface area (Å²) in [7, 11) is 1.37. The van der Waals surface area contributed by atoms with Gasteiger partial charge < -0.3 is 9.84 Å². The SMILES string of the molecule is COC(=O)c1ccccc1Cc1cc(-c2ccccc2)ccc1O. The molecule has 0 saturated carbocycles. The average Bonchev–Trinajstić information content (AvgIpc) is 2.64. The Balaban J connectivity index is 1.98. The van der Waals surface area contributed by atoms with Gasteiger partial charge in [-0.1, -0.05) is 54.6 Å². The first-order valence-electron chi connectivity index (χ1n) is 7.72. The molecule has 0 aliphatic heterocycles. The Hall–Kier alpha value is -3.07. The molecule has 0 fully saturated rings. The molecule has 3 nitrogen and oxygen atoms in total. The largest absolute Gasteiger partial charge is 0.508 e. The van der Waals surface area contributed by atoms with Gasteiger partial charge in [-0.05, 0) is 40.5 Å². The summed E-state index contributed by atoms with van der Waals surface area (Å²) in [6.07, 6.45) is 0.456. The maximum absolute atomic E-state index is 11.9. The number of carbonyl (C=O) groups is 1. The van der Waals surface area contributed by atoms with Gasteiger partial charge in [-0.3, -0.25) is 0 Å². The van der Waals surface area contributed by atoms with E-state index in [0.29, 0.717) is 12.0 Å². The van der Waals surface area contributed by atoms with Crippen LogP contribution in [0.2, 0.25) is 0 Å².